The highest BCUT2D eigenvalue weighted by molar-refractivity contribution is 14.0. The van der Waals surface area contributed by atoms with Gasteiger partial charge in [0.2, 0.25) is 11.8 Å². The molecule has 152 valence electrons. The van der Waals surface area contributed by atoms with Gasteiger partial charge in [0.1, 0.15) is 13.1 Å². The Labute approximate surface area is 177 Å². The molecule has 0 unspecified atom stereocenters. The number of aliphatic imine (C=N–C) groups is 1. The number of hydrogen-bond acceptors (Lipinski definition) is 4. The first-order valence-corrected chi connectivity index (χ1v) is 8.83. The first-order valence-electron chi connectivity index (χ1n) is 8.83. The minimum Gasteiger partial charge on any atom is -0.356 e. The fourth-order valence-electron chi connectivity index (χ4n) is 2.70. The number of nitrogens with one attached hydrogen (secondary N) is 2. The number of piperazine rings is 1. The highest BCUT2D eigenvalue weighted by atomic mass is 127. The standard InChI is InChI=1S/C17H29N7O2.HI/c1-6-18-16(19-10-14(25)21-17(2,3)4)23-7-8-24(15(26)12-23)13-9-20-22(5)11-13;/h9,11H,6-8,10,12H2,1-5H3,(H,18,19)(H,21,25);1H. The monoisotopic (exact) mass is 491 g/mol. The Bertz CT molecular complexity index is 681. The summed E-state index contributed by atoms with van der Waals surface area (Å²) in [4.78, 5) is 32.5. The average Bonchev–Trinajstić information content (AvgIpc) is 2.96. The normalized spacial score (nSPS) is 15.4. The van der Waals surface area contributed by atoms with Crippen molar-refractivity contribution in [2.24, 2.45) is 12.0 Å². The molecule has 0 spiro atoms. The van der Waals surface area contributed by atoms with E-state index in [2.05, 4.69) is 20.7 Å². The van der Waals surface area contributed by atoms with Crippen LogP contribution in [0.3, 0.4) is 0 Å². The van der Waals surface area contributed by atoms with Crippen LogP contribution in [0.5, 0.6) is 0 Å². The van der Waals surface area contributed by atoms with Crippen LogP contribution in [0.25, 0.3) is 0 Å². The van der Waals surface area contributed by atoms with Crippen LogP contribution in [-0.2, 0) is 16.6 Å². The molecule has 10 heteroatoms. The first kappa shape index (κ1) is 23.2. The molecule has 0 aliphatic carbocycles. The van der Waals surface area contributed by atoms with E-state index >= 15 is 0 Å². The molecule has 1 aliphatic rings. The molecule has 2 amide bonds. The Morgan fingerprint density at radius 1 is 1.33 bits per heavy atom. The molecule has 0 saturated carbocycles. The van der Waals surface area contributed by atoms with Gasteiger partial charge in [-0.15, -0.1) is 24.0 Å². The summed E-state index contributed by atoms with van der Waals surface area (Å²) in [5.41, 5.74) is 0.500. The molecular formula is C17H30IN7O2. The SMILES string of the molecule is CCNC(=NCC(=O)NC(C)(C)C)N1CCN(c2cnn(C)c2)C(=O)C1.I. The van der Waals surface area contributed by atoms with Gasteiger partial charge in [0, 0.05) is 38.4 Å². The lowest BCUT2D eigenvalue weighted by molar-refractivity contribution is -0.121. The van der Waals surface area contributed by atoms with Crippen LogP contribution in [0.2, 0.25) is 0 Å². The predicted molar refractivity (Wildman–Crippen MR) is 116 cm³/mol. The molecule has 1 aromatic heterocycles. The van der Waals surface area contributed by atoms with Crippen molar-refractivity contribution < 1.29 is 9.59 Å². The van der Waals surface area contributed by atoms with E-state index in [0.29, 0.717) is 25.6 Å². The van der Waals surface area contributed by atoms with E-state index in [4.69, 9.17) is 0 Å². The largest absolute Gasteiger partial charge is 0.356 e. The van der Waals surface area contributed by atoms with Crippen molar-refractivity contribution >= 4 is 47.4 Å². The number of guanidine groups is 1. The lowest BCUT2D eigenvalue weighted by Gasteiger charge is -2.35. The van der Waals surface area contributed by atoms with E-state index in [9.17, 15) is 9.59 Å². The molecule has 0 atom stereocenters. The summed E-state index contributed by atoms with van der Waals surface area (Å²) in [7, 11) is 1.82. The predicted octanol–water partition coefficient (Wildman–Crippen LogP) is 0.567. The fraction of sp³-hybridized carbons (Fsp3) is 0.647. The maximum Gasteiger partial charge on any atom is 0.246 e. The van der Waals surface area contributed by atoms with Crippen molar-refractivity contribution in [2.45, 2.75) is 33.2 Å². The van der Waals surface area contributed by atoms with Gasteiger partial charge in [-0.2, -0.15) is 5.10 Å². The van der Waals surface area contributed by atoms with Gasteiger partial charge in [0.05, 0.1) is 11.9 Å². The van der Waals surface area contributed by atoms with Gasteiger partial charge in [-0.3, -0.25) is 14.3 Å². The highest BCUT2D eigenvalue weighted by Crippen LogP contribution is 2.16. The number of nitrogens with zero attached hydrogens (tertiary/aromatic N) is 5. The van der Waals surface area contributed by atoms with Crippen LogP contribution in [0, 0.1) is 0 Å². The van der Waals surface area contributed by atoms with Gasteiger partial charge >= 0.3 is 0 Å². The third-order valence-electron chi connectivity index (χ3n) is 3.74. The Kier molecular flexibility index (Phi) is 8.51. The summed E-state index contributed by atoms with van der Waals surface area (Å²) in [5, 5.41) is 10.2. The number of anilines is 1. The highest BCUT2D eigenvalue weighted by Gasteiger charge is 2.27. The summed E-state index contributed by atoms with van der Waals surface area (Å²) in [6.07, 6.45) is 3.51. The molecule has 1 fully saturated rings. The molecule has 0 radical (unpaired) electrons. The molecule has 1 aromatic rings. The van der Waals surface area contributed by atoms with Gasteiger partial charge in [0.15, 0.2) is 5.96 Å². The van der Waals surface area contributed by atoms with E-state index < -0.39 is 0 Å². The molecule has 0 aromatic carbocycles. The summed E-state index contributed by atoms with van der Waals surface area (Å²) < 4.78 is 1.67. The molecule has 0 bridgehead atoms. The van der Waals surface area contributed by atoms with Crippen molar-refractivity contribution in [2.75, 3.05) is 37.6 Å². The summed E-state index contributed by atoms with van der Waals surface area (Å²) >= 11 is 0. The van der Waals surface area contributed by atoms with Crippen molar-refractivity contribution in [3.05, 3.63) is 12.4 Å². The first-order chi connectivity index (χ1) is 12.2. The van der Waals surface area contributed by atoms with Gasteiger partial charge < -0.3 is 20.4 Å². The molecule has 1 aliphatic heterocycles. The Balaban J connectivity index is 0.00000364. The van der Waals surface area contributed by atoms with Gasteiger partial charge in [-0.1, -0.05) is 0 Å². The second kappa shape index (κ2) is 9.90. The van der Waals surface area contributed by atoms with Crippen molar-refractivity contribution in [1.82, 2.24) is 25.3 Å². The van der Waals surface area contributed by atoms with E-state index in [-0.39, 0.29) is 54.4 Å². The Morgan fingerprint density at radius 3 is 2.56 bits per heavy atom. The third-order valence-corrected chi connectivity index (χ3v) is 3.74. The maximum absolute atomic E-state index is 12.5. The van der Waals surface area contributed by atoms with E-state index in [1.54, 1.807) is 15.8 Å². The molecule has 2 rings (SSSR count). The van der Waals surface area contributed by atoms with E-state index in [1.165, 1.54) is 0 Å². The number of aromatic nitrogens is 2. The van der Waals surface area contributed by atoms with Crippen LogP contribution in [0.15, 0.2) is 17.4 Å². The van der Waals surface area contributed by atoms with Crippen molar-refractivity contribution in [3.8, 4) is 0 Å². The second-order valence-corrected chi connectivity index (χ2v) is 7.31. The summed E-state index contributed by atoms with van der Waals surface area (Å²) in [6, 6.07) is 0. The van der Waals surface area contributed by atoms with Crippen molar-refractivity contribution in [3.63, 3.8) is 0 Å². The number of halogens is 1. The number of carbonyl (C=O) groups excluding carboxylic acids is 2. The van der Waals surface area contributed by atoms with Crippen LogP contribution < -0.4 is 15.5 Å². The van der Waals surface area contributed by atoms with Crippen LogP contribution in [0.4, 0.5) is 5.69 Å². The zero-order chi connectivity index (χ0) is 19.3. The van der Waals surface area contributed by atoms with Crippen LogP contribution in [-0.4, -0.2) is 70.7 Å². The topological polar surface area (TPSA) is 94.9 Å². The number of aryl methyl sites for hydroxylation is 1. The quantitative estimate of drug-likeness (QED) is 0.365. The summed E-state index contributed by atoms with van der Waals surface area (Å²) in [6.45, 7) is 9.81. The van der Waals surface area contributed by atoms with Crippen molar-refractivity contribution in [1.29, 1.82) is 0 Å². The average molecular weight is 491 g/mol. The smallest absolute Gasteiger partial charge is 0.246 e. The number of carbonyl (C=O) groups is 2. The minimum absolute atomic E-state index is 0. The zero-order valence-electron chi connectivity index (χ0n) is 16.7. The van der Waals surface area contributed by atoms with Crippen LogP contribution >= 0.6 is 24.0 Å². The number of rotatable bonds is 4. The minimum atomic E-state index is -0.295. The van der Waals surface area contributed by atoms with Gasteiger partial charge in [0.25, 0.3) is 0 Å². The van der Waals surface area contributed by atoms with Gasteiger partial charge in [-0.05, 0) is 27.7 Å². The van der Waals surface area contributed by atoms with Crippen LogP contribution in [0.1, 0.15) is 27.7 Å². The third kappa shape index (κ3) is 7.00. The van der Waals surface area contributed by atoms with E-state index in [1.807, 2.05) is 45.8 Å². The van der Waals surface area contributed by atoms with E-state index in [0.717, 1.165) is 5.69 Å². The maximum atomic E-state index is 12.5. The number of hydrogen-bond donors (Lipinski definition) is 2. The summed E-state index contributed by atoms with van der Waals surface area (Å²) in [5.74, 6) is 0.415. The lowest BCUT2D eigenvalue weighted by atomic mass is 10.1. The number of amides is 2. The molecule has 27 heavy (non-hydrogen) atoms. The Morgan fingerprint density at radius 2 is 2.04 bits per heavy atom. The van der Waals surface area contributed by atoms with Gasteiger partial charge in [-0.25, -0.2) is 4.99 Å². The molecule has 9 nitrogen and oxygen atoms in total. The fourth-order valence-corrected chi connectivity index (χ4v) is 2.70. The molecule has 2 N–H and O–H groups in total. The second-order valence-electron chi connectivity index (χ2n) is 7.31. The zero-order valence-corrected chi connectivity index (χ0v) is 19.0. The molecule has 2 heterocycles. The molecular weight excluding hydrogens is 461 g/mol. The molecule has 1 saturated heterocycles. The lowest BCUT2D eigenvalue weighted by Crippen LogP contribution is -2.55. The Hall–Kier alpha value is -1.85.